The molecule has 0 amide bonds. The monoisotopic (exact) mass is 294 g/mol. The number of phenolic OH excluding ortho intramolecular Hbond substituents is 1. The first-order valence-corrected chi connectivity index (χ1v) is 7.43. The standard InChI is InChI=1S/C19H18O3/c1-3-12-9-10-14-16(11-12)19(22-17(20)4-2)15-8-6-5-7-13(15)18(14)21/h4-9,21H,2-3,10-11H2,1H3. The van der Waals surface area contributed by atoms with Gasteiger partial charge in [0.15, 0.2) is 0 Å². The van der Waals surface area contributed by atoms with E-state index >= 15 is 0 Å². The summed E-state index contributed by atoms with van der Waals surface area (Å²) in [6.45, 7) is 5.57. The molecule has 0 bridgehead atoms. The lowest BCUT2D eigenvalue weighted by Gasteiger charge is -2.22. The highest BCUT2D eigenvalue weighted by Gasteiger charge is 2.23. The Morgan fingerprint density at radius 1 is 1.32 bits per heavy atom. The van der Waals surface area contributed by atoms with E-state index in [-0.39, 0.29) is 5.75 Å². The Morgan fingerprint density at radius 3 is 2.73 bits per heavy atom. The number of fused-ring (bicyclic) bond motifs is 2. The van der Waals surface area contributed by atoms with Gasteiger partial charge in [0, 0.05) is 28.0 Å². The van der Waals surface area contributed by atoms with E-state index < -0.39 is 5.97 Å². The number of rotatable bonds is 3. The molecule has 112 valence electrons. The third-order valence-electron chi connectivity index (χ3n) is 4.17. The zero-order chi connectivity index (χ0) is 15.7. The molecule has 0 saturated carbocycles. The largest absolute Gasteiger partial charge is 0.507 e. The fraction of sp³-hybridized carbons (Fsp3) is 0.211. The summed E-state index contributed by atoms with van der Waals surface area (Å²) in [5.74, 6) is 0.355. The van der Waals surface area contributed by atoms with E-state index in [4.69, 9.17) is 4.74 Å². The number of phenols is 1. The van der Waals surface area contributed by atoms with Crippen LogP contribution in [0.4, 0.5) is 0 Å². The van der Waals surface area contributed by atoms with Gasteiger partial charge in [-0.15, -0.1) is 0 Å². The molecule has 1 aliphatic rings. The van der Waals surface area contributed by atoms with Gasteiger partial charge in [-0.25, -0.2) is 4.79 Å². The molecule has 0 spiro atoms. The highest BCUT2D eigenvalue weighted by atomic mass is 16.5. The number of hydrogen-bond donors (Lipinski definition) is 1. The summed E-state index contributed by atoms with van der Waals surface area (Å²) < 4.78 is 5.53. The van der Waals surface area contributed by atoms with Crippen LogP contribution in [0, 0.1) is 0 Å². The SMILES string of the molecule is C=CC(=O)Oc1c2c(c(O)c3ccccc13)CC=C(CC)C2. The second-order valence-corrected chi connectivity index (χ2v) is 5.40. The van der Waals surface area contributed by atoms with Crippen LogP contribution in [0.1, 0.15) is 24.5 Å². The summed E-state index contributed by atoms with van der Waals surface area (Å²) in [6.07, 6.45) is 5.61. The van der Waals surface area contributed by atoms with Gasteiger partial charge in [-0.3, -0.25) is 0 Å². The van der Waals surface area contributed by atoms with Crippen LogP contribution in [-0.2, 0) is 17.6 Å². The lowest BCUT2D eigenvalue weighted by molar-refractivity contribution is -0.128. The Balaban J connectivity index is 2.28. The van der Waals surface area contributed by atoms with Gasteiger partial charge in [0.2, 0.25) is 0 Å². The first kappa shape index (κ1) is 14.4. The van der Waals surface area contributed by atoms with Crippen LogP contribution in [0.2, 0.25) is 0 Å². The number of ether oxygens (including phenoxy) is 1. The van der Waals surface area contributed by atoms with Crippen molar-refractivity contribution in [2.24, 2.45) is 0 Å². The molecule has 0 saturated heterocycles. The molecule has 0 aromatic heterocycles. The molecular formula is C19H18O3. The number of allylic oxidation sites excluding steroid dienone is 2. The van der Waals surface area contributed by atoms with Gasteiger partial charge >= 0.3 is 5.97 Å². The number of benzene rings is 2. The lowest BCUT2D eigenvalue weighted by atomic mass is 9.86. The minimum atomic E-state index is -0.481. The van der Waals surface area contributed by atoms with Gasteiger partial charge in [0.05, 0.1) is 0 Å². The minimum Gasteiger partial charge on any atom is -0.507 e. The van der Waals surface area contributed by atoms with Crippen molar-refractivity contribution in [3.63, 3.8) is 0 Å². The normalized spacial score (nSPS) is 13.4. The van der Waals surface area contributed by atoms with E-state index in [0.29, 0.717) is 24.0 Å². The van der Waals surface area contributed by atoms with Crippen LogP contribution in [0.15, 0.2) is 48.6 Å². The second kappa shape index (κ2) is 5.68. The highest BCUT2D eigenvalue weighted by molar-refractivity contribution is 5.98. The van der Waals surface area contributed by atoms with Gasteiger partial charge in [0.1, 0.15) is 11.5 Å². The summed E-state index contributed by atoms with van der Waals surface area (Å²) in [5, 5.41) is 12.0. The Bertz CT molecular complexity index is 800. The van der Waals surface area contributed by atoms with E-state index in [1.165, 1.54) is 5.57 Å². The number of hydrogen-bond acceptors (Lipinski definition) is 3. The first-order chi connectivity index (χ1) is 10.7. The number of aromatic hydroxyl groups is 1. The first-order valence-electron chi connectivity index (χ1n) is 7.43. The molecule has 3 rings (SSSR count). The fourth-order valence-corrected chi connectivity index (χ4v) is 2.97. The van der Waals surface area contributed by atoms with E-state index in [9.17, 15) is 9.90 Å². The van der Waals surface area contributed by atoms with Crippen molar-refractivity contribution >= 4 is 16.7 Å². The number of carbonyl (C=O) groups excluding carboxylic acids is 1. The minimum absolute atomic E-state index is 0.287. The van der Waals surface area contributed by atoms with E-state index in [1.54, 1.807) is 0 Å². The third kappa shape index (κ3) is 2.29. The average Bonchev–Trinajstić information content (AvgIpc) is 2.57. The number of carbonyl (C=O) groups is 1. The predicted octanol–water partition coefficient (Wildman–Crippen LogP) is 4.07. The molecule has 2 aromatic carbocycles. The van der Waals surface area contributed by atoms with Crippen molar-refractivity contribution in [3.05, 3.63) is 59.7 Å². The molecule has 0 heterocycles. The molecule has 0 aliphatic heterocycles. The van der Waals surface area contributed by atoms with Crippen LogP contribution in [0.25, 0.3) is 10.8 Å². The maximum Gasteiger partial charge on any atom is 0.335 e. The summed E-state index contributed by atoms with van der Waals surface area (Å²) >= 11 is 0. The summed E-state index contributed by atoms with van der Waals surface area (Å²) in [4.78, 5) is 11.7. The zero-order valence-corrected chi connectivity index (χ0v) is 12.6. The average molecular weight is 294 g/mol. The Hall–Kier alpha value is -2.55. The quantitative estimate of drug-likeness (QED) is 0.402. The van der Waals surface area contributed by atoms with Crippen molar-refractivity contribution in [1.29, 1.82) is 0 Å². The van der Waals surface area contributed by atoms with Crippen LogP contribution in [0.5, 0.6) is 11.5 Å². The van der Waals surface area contributed by atoms with E-state index in [2.05, 4.69) is 19.6 Å². The summed E-state index contributed by atoms with van der Waals surface area (Å²) in [6, 6.07) is 7.45. The summed E-state index contributed by atoms with van der Waals surface area (Å²) in [7, 11) is 0. The van der Waals surface area contributed by atoms with Crippen LogP contribution in [-0.4, -0.2) is 11.1 Å². The maximum absolute atomic E-state index is 11.7. The Morgan fingerprint density at radius 2 is 2.05 bits per heavy atom. The van der Waals surface area contributed by atoms with Crippen LogP contribution < -0.4 is 4.74 Å². The number of esters is 1. The molecule has 0 fully saturated rings. The van der Waals surface area contributed by atoms with E-state index in [1.807, 2.05) is 24.3 Å². The molecule has 0 unspecified atom stereocenters. The second-order valence-electron chi connectivity index (χ2n) is 5.40. The lowest BCUT2D eigenvalue weighted by Crippen LogP contribution is -2.11. The van der Waals surface area contributed by atoms with Crippen molar-refractivity contribution < 1.29 is 14.6 Å². The molecule has 1 aliphatic carbocycles. The predicted molar refractivity (Wildman–Crippen MR) is 87.2 cm³/mol. The smallest absolute Gasteiger partial charge is 0.335 e. The van der Waals surface area contributed by atoms with Crippen LogP contribution in [0.3, 0.4) is 0 Å². The molecule has 0 atom stereocenters. The van der Waals surface area contributed by atoms with Crippen molar-refractivity contribution in [3.8, 4) is 11.5 Å². The molecule has 3 heteroatoms. The molecular weight excluding hydrogens is 276 g/mol. The summed E-state index contributed by atoms with van der Waals surface area (Å²) in [5.41, 5.74) is 3.05. The maximum atomic E-state index is 11.7. The van der Waals surface area contributed by atoms with Gasteiger partial charge in [-0.1, -0.05) is 49.4 Å². The topological polar surface area (TPSA) is 46.5 Å². The van der Waals surface area contributed by atoms with Crippen LogP contribution >= 0.6 is 0 Å². The Kier molecular flexibility index (Phi) is 3.72. The van der Waals surface area contributed by atoms with Gasteiger partial charge < -0.3 is 9.84 Å². The molecule has 22 heavy (non-hydrogen) atoms. The third-order valence-corrected chi connectivity index (χ3v) is 4.17. The fourth-order valence-electron chi connectivity index (χ4n) is 2.97. The highest BCUT2D eigenvalue weighted by Crippen LogP contribution is 2.43. The van der Waals surface area contributed by atoms with Crippen molar-refractivity contribution in [2.75, 3.05) is 0 Å². The molecule has 1 N–H and O–H groups in total. The Labute approximate surface area is 129 Å². The van der Waals surface area contributed by atoms with Gasteiger partial charge in [0.25, 0.3) is 0 Å². The van der Waals surface area contributed by atoms with Gasteiger partial charge in [-0.05, 0) is 19.3 Å². The molecule has 3 nitrogen and oxygen atoms in total. The molecule has 0 radical (unpaired) electrons. The van der Waals surface area contributed by atoms with Crippen molar-refractivity contribution in [1.82, 2.24) is 0 Å². The zero-order valence-electron chi connectivity index (χ0n) is 12.6. The van der Waals surface area contributed by atoms with Crippen molar-refractivity contribution in [2.45, 2.75) is 26.2 Å². The van der Waals surface area contributed by atoms with E-state index in [0.717, 1.165) is 29.0 Å². The molecule has 2 aromatic rings. The van der Waals surface area contributed by atoms with Gasteiger partial charge in [-0.2, -0.15) is 0 Å².